The highest BCUT2D eigenvalue weighted by Gasteiger charge is 2.41. The van der Waals surface area contributed by atoms with E-state index in [1.165, 1.54) is 0 Å². The van der Waals surface area contributed by atoms with Crippen LogP contribution in [0.2, 0.25) is 18.1 Å². The highest BCUT2D eigenvalue weighted by atomic mass is 28.4. The van der Waals surface area contributed by atoms with Crippen LogP contribution in [-0.2, 0) is 14.0 Å². The van der Waals surface area contributed by atoms with Crippen molar-refractivity contribution in [1.82, 2.24) is 0 Å². The molecule has 82 valence electrons. The van der Waals surface area contributed by atoms with Gasteiger partial charge in [0, 0.05) is 0 Å². The van der Waals surface area contributed by atoms with Gasteiger partial charge in [0.25, 0.3) is 0 Å². The third-order valence-corrected chi connectivity index (χ3v) is 7.63. The number of rotatable bonds is 2. The minimum atomic E-state index is -1.73. The van der Waals surface area contributed by atoms with Gasteiger partial charge < -0.3 is 9.16 Å². The van der Waals surface area contributed by atoms with E-state index in [4.69, 9.17) is 9.16 Å². The molecule has 0 aromatic rings. The Morgan fingerprint density at radius 1 is 1.43 bits per heavy atom. The summed E-state index contributed by atoms with van der Waals surface area (Å²) >= 11 is 0. The van der Waals surface area contributed by atoms with Gasteiger partial charge >= 0.3 is 5.97 Å². The molecule has 1 saturated heterocycles. The summed E-state index contributed by atoms with van der Waals surface area (Å²) in [4.78, 5) is 10.9. The largest absolute Gasteiger partial charge is 0.463 e. The van der Waals surface area contributed by atoms with Gasteiger partial charge in [-0.05, 0) is 18.1 Å². The number of cyclic esters (lactones) is 1. The SMILES string of the molecule is CC(C)(C)[Si](C)(C)OC1COC(=O)C1. The van der Waals surface area contributed by atoms with Crippen LogP contribution < -0.4 is 0 Å². The molecule has 1 atom stereocenters. The van der Waals surface area contributed by atoms with Crippen LogP contribution in [0.3, 0.4) is 0 Å². The summed E-state index contributed by atoms with van der Waals surface area (Å²) in [6, 6.07) is 0. The second-order valence-corrected chi connectivity index (χ2v) is 10.1. The molecular weight excluding hydrogens is 196 g/mol. The maximum Gasteiger partial charge on any atom is 0.308 e. The Morgan fingerprint density at radius 2 is 2.00 bits per heavy atom. The van der Waals surface area contributed by atoms with Gasteiger partial charge in [0.05, 0.1) is 12.5 Å². The van der Waals surface area contributed by atoms with E-state index in [2.05, 4.69) is 33.9 Å². The van der Waals surface area contributed by atoms with Crippen molar-refractivity contribution in [1.29, 1.82) is 0 Å². The molecule has 1 rings (SSSR count). The standard InChI is InChI=1S/C10H20O3Si/c1-10(2,3)14(4,5)13-8-6-9(11)12-7-8/h8H,6-7H2,1-5H3. The summed E-state index contributed by atoms with van der Waals surface area (Å²) in [5.41, 5.74) is 0. The maximum absolute atomic E-state index is 10.9. The highest BCUT2D eigenvalue weighted by molar-refractivity contribution is 6.74. The summed E-state index contributed by atoms with van der Waals surface area (Å²) in [6.45, 7) is 11.4. The molecule has 1 heterocycles. The molecule has 4 heteroatoms. The molecule has 0 N–H and O–H groups in total. The molecular formula is C10H20O3Si. The van der Waals surface area contributed by atoms with Gasteiger partial charge in [0.1, 0.15) is 6.61 Å². The Balaban J connectivity index is 2.55. The van der Waals surface area contributed by atoms with E-state index in [-0.39, 0.29) is 17.1 Å². The van der Waals surface area contributed by atoms with Crippen LogP contribution in [0.15, 0.2) is 0 Å². The lowest BCUT2D eigenvalue weighted by Crippen LogP contribution is -2.44. The number of esters is 1. The molecule has 0 amide bonds. The van der Waals surface area contributed by atoms with Crippen molar-refractivity contribution in [3.8, 4) is 0 Å². The van der Waals surface area contributed by atoms with Crippen LogP contribution in [0.1, 0.15) is 27.2 Å². The van der Waals surface area contributed by atoms with Gasteiger partial charge in [0.15, 0.2) is 8.32 Å². The smallest absolute Gasteiger partial charge is 0.308 e. The Labute approximate surface area is 86.9 Å². The van der Waals surface area contributed by atoms with Gasteiger partial charge in [-0.3, -0.25) is 4.79 Å². The fraction of sp³-hybridized carbons (Fsp3) is 0.900. The number of carbonyl (C=O) groups excluding carboxylic acids is 1. The summed E-state index contributed by atoms with van der Waals surface area (Å²) in [6.07, 6.45) is 0.412. The molecule has 1 fully saturated rings. The lowest BCUT2D eigenvalue weighted by molar-refractivity contribution is -0.137. The van der Waals surface area contributed by atoms with E-state index in [0.29, 0.717) is 13.0 Å². The predicted molar refractivity (Wildman–Crippen MR) is 57.6 cm³/mol. The summed E-state index contributed by atoms with van der Waals surface area (Å²) in [5.74, 6) is -0.131. The number of hydrogen-bond acceptors (Lipinski definition) is 3. The quantitative estimate of drug-likeness (QED) is 0.525. The minimum absolute atomic E-state index is 0.0107. The van der Waals surface area contributed by atoms with Crippen LogP contribution in [0.5, 0.6) is 0 Å². The molecule has 1 unspecified atom stereocenters. The summed E-state index contributed by atoms with van der Waals surface area (Å²) in [5, 5.41) is 0.193. The zero-order valence-corrected chi connectivity index (χ0v) is 10.7. The van der Waals surface area contributed by atoms with Crippen LogP contribution in [-0.4, -0.2) is 27.0 Å². The fourth-order valence-electron chi connectivity index (χ4n) is 1.16. The average Bonchev–Trinajstić information content (AvgIpc) is 2.31. The summed E-state index contributed by atoms with van der Waals surface area (Å²) in [7, 11) is -1.73. The Morgan fingerprint density at radius 3 is 2.36 bits per heavy atom. The maximum atomic E-state index is 10.9. The molecule has 1 aliphatic heterocycles. The van der Waals surface area contributed by atoms with Gasteiger partial charge in [-0.25, -0.2) is 0 Å². The van der Waals surface area contributed by atoms with Gasteiger partial charge in [-0.1, -0.05) is 20.8 Å². The molecule has 0 aromatic heterocycles. The van der Waals surface area contributed by atoms with Crippen molar-refractivity contribution >= 4 is 14.3 Å². The van der Waals surface area contributed by atoms with Crippen molar-refractivity contribution in [2.75, 3.05) is 6.61 Å². The second kappa shape index (κ2) is 3.66. The lowest BCUT2D eigenvalue weighted by atomic mass is 10.2. The average molecular weight is 216 g/mol. The van der Waals surface area contributed by atoms with Gasteiger partial charge in [-0.2, -0.15) is 0 Å². The van der Waals surface area contributed by atoms with Crippen molar-refractivity contribution < 1.29 is 14.0 Å². The Kier molecular flexibility index (Phi) is 3.06. The molecule has 0 spiro atoms. The van der Waals surface area contributed by atoms with E-state index in [1.54, 1.807) is 0 Å². The predicted octanol–water partition coefficient (Wildman–Crippen LogP) is 2.32. The molecule has 14 heavy (non-hydrogen) atoms. The highest BCUT2D eigenvalue weighted by Crippen LogP contribution is 2.38. The molecule has 1 aliphatic rings. The van der Waals surface area contributed by atoms with E-state index in [0.717, 1.165) is 0 Å². The van der Waals surface area contributed by atoms with Crippen molar-refractivity contribution in [2.24, 2.45) is 0 Å². The van der Waals surface area contributed by atoms with Crippen LogP contribution in [0, 0.1) is 0 Å². The van der Waals surface area contributed by atoms with Crippen molar-refractivity contribution in [2.45, 2.75) is 51.4 Å². The zero-order valence-electron chi connectivity index (χ0n) is 9.72. The Hall–Kier alpha value is -0.353. The molecule has 0 saturated carbocycles. The first-order valence-electron chi connectivity index (χ1n) is 5.06. The van der Waals surface area contributed by atoms with Gasteiger partial charge in [0.2, 0.25) is 0 Å². The molecule has 0 radical (unpaired) electrons. The first-order valence-corrected chi connectivity index (χ1v) is 7.97. The van der Waals surface area contributed by atoms with Crippen LogP contribution in [0.4, 0.5) is 0 Å². The molecule has 3 nitrogen and oxygen atoms in total. The minimum Gasteiger partial charge on any atom is -0.463 e. The van der Waals surface area contributed by atoms with Crippen LogP contribution in [0.25, 0.3) is 0 Å². The first kappa shape index (κ1) is 11.7. The second-order valence-electron chi connectivity index (χ2n) is 5.39. The zero-order chi connectivity index (χ0) is 11.0. The monoisotopic (exact) mass is 216 g/mol. The fourth-order valence-corrected chi connectivity index (χ4v) is 2.50. The lowest BCUT2D eigenvalue weighted by Gasteiger charge is -2.37. The summed E-state index contributed by atoms with van der Waals surface area (Å²) < 4.78 is 10.9. The normalized spacial score (nSPS) is 23.8. The molecule has 0 aromatic carbocycles. The third kappa shape index (κ3) is 2.57. The third-order valence-electron chi connectivity index (χ3n) is 3.09. The van der Waals surface area contributed by atoms with E-state index < -0.39 is 8.32 Å². The number of ether oxygens (including phenoxy) is 1. The first-order chi connectivity index (χ1) is 6.22. The topological polar surface area (TPSA) is 35.5 Å². The van der Waals surface area contributed by atoms with Crippen molar-refractivity contribution in [3.05, 3.63) is 0 Å². The molecule has 0 aliphatic carbocycles. The Bertz CT molecular complexity index is 230. The van der Waals surface area contributed by atoms with E-state index in [1.807, 2.05) is 0 Å². The van der Waals surface area contributed by atoms with Crippen LogP contribution >= 0.6 is 0 Å². The van der Waals surface area contributed by atoms with Crippen molar-refractivity contribution in [3.63, 3.8) is 0 Å². The number of hydrogen-bond donors (Lipinski definition) is 0. The van der Waals surface area contributed by atoms with Gasteiger partial charge in [-0.15, -0.1) is 0 Å². The van der Waals surface area contributed by atoms with E-state index in [9.17, 15) is 4.79 Å². The number of carbonyl (C=O) groups is 1. The molecule has 0 bridgehead atoms. The van der Waals surface area contributed by atoms with E-state index >= 15 is 0 Å².